The van der Waals surface area contributed by atoms with Crippen LogP contribution < -0.4 is 10.2 Å². The number of hydrazone groups is 1. The molecule has 0 saturated heterocycles. The van der Waals surface area contributed by atoms with Gasteiger partial charge in [0, 0.05) is 5.02 Å². The maximum absolute atomic E-state index is 11.8. The number of nitrogens with zero attached hydrogens (tertiary/aromatic N) is 1. The van der Waals surface area contributed by atoms with Gasteiger partial charge in [-0.25, -0.2) is 5.43 Å². The third-order valence-electron chi connectivity index (χ3n) is 2.78. The van der Waals surface area contributed by atoms with E-state index in [1.807, 2.05) is 0 Å². The highest BCUT2D eigenvalue weighted by Crippen LogP contribution is 2.16. The number of hydrogen-bond donors (Lipinski definition) is 2. The molecule has 0 spiro atoms. The van der Waals surface area contributed by atoms with Gasteiger partial charge in [0.05, 0.1) is 6.21 Å². The third kappa shape index (κ3) is 4.79. The lowest BCUT2D eigenvalue weighted by Gasteiger charge is -2.12. The van der Waals surface area contributed by atoms with Crippen molar-refractivity contribution in [1.29, 1.82) is 0 Å². The van der Waals surface area contributed by atoms with E-state index in [9.17, 15) is 4.79 Å². The molecule has 1 atom stereocenters. The molecule has 6 heteroatoms. The zero-order valence-corrected chi connectivity index (χ0v) is 12.6. The molecule has 114 valence electrons. The van der Waals surface area contributed by atoms with E-state index in [0.717, 1.165) is 5.56 Å². The first-order valence-electron chi connectivity index (χ1n) is 6.59. The maximum Gasteiger partial charge on any atom is 0.280 e. The Labute approximate surface area is 133 Å². The second-order valence-electron chi connectivity index (χ2n) is 4.54. The first kappa shape index (κ1) is 15.9. The van der Waals surface area contributed by atoms with E-state index < -0.39 is 6.10 Å². The number of nitrogens with one attached hydrogen (secondary N) is 1. The zero-order chi connectivity index (χ0) is 15.9. The number of carbonyl (C=O) groups excluding carboxylic acids is 1. The second kappa shape index (κ2) is 7.47. The van der Waals surface area contributed by atoms with Gasteiger partial charge in [-0.05, 0) is 61.0 Å². The summed E-state index contributed by atoms with van der Waals surface area (Å²) in [5.74, 6) is 0.353. The fourth-order valence-electron chi connectivity index (χ4n) is 1.59. The van der Waals surface area contributed by atoms with E-state index >= 15 is 0 Å². The molecule has 2 rings (SSSR count). The molecule has 22 heavy (non-hydrogen) atoms. The van der Waals surface area contributed by atoms with Gasteiger partial charge in [0.25, 0.3) is 5.91 Å². The minimum atomic E-state index is -0.696. The molecule has 0 aliphatic rings. The first-order chi connectivity index (χ1) is 10.5. The molecule has 0 saturated carbocycles. The molecule has 0 aliphatic heterocycles. The summed E-state index contributed by atoms with van der Waals surface area (Å²) in [5.41, 5.74) is 3.15. The molecule has 0 unspecified atom stereocenters. The van der Waals surface area contributed by atoms with Gasteiger partial charge in [-0.2, -0.15) is 5.10 Å². The lowest BCUT2D eigenvalue weighted by Crippen LogP contribution is -2.33. The highest BCUT2D eigenvalue weighted by Gasteiger charge is 2.13. The van der Waals surface area contributed by atoms with Crippen LogP contribution in [0.15, 0.2) is 53.6 Å². The number of benzene rings is 2. The fraction of sp³-hybridized carbons (Fsp3) is 0.125. The van der Waals surface area contributed by atoms with Crippen LogP contribution in [0.1, 0.15) is 12.5 Å². The van der Waals surface area contributed by atoms with Crippen molar-refractivity contribution in [2.24, 2.45) is 5.10 Å². The van der Waals surface area contributed by atoms with Crippen LogP contribution in [0, 0.1) is 0 Å². The lowest BCUT2D eigenvalue weighted by molar-refractivity contribution is -0.127. The van der Waals surface area contributed by atoms with Crippen LogP contribution in [0.4, 0.5) is 0 Å². The van der Waals surface area contributed by atoms with E-state index in [-0.39, 0.29) is 11.7 Å². The summed E-state index contributed by atoms with van der Waals surface area (Å²) in [7, 11) is 0. The summed E-state index contributed by atoms with van der Waals surface area (Å²) < 4.78 is 5.47. The Balaban J connectivity index is 1.85. The van der Waals surface area contributed by atoms with E-state index in [2.05, 4.69) is 10.5 Å². The summed E-state index contributed by atoms with van der Waals surface area (Å²) >= 11 is 5.78. The number of rotatable bonds is 5. The normalized spacial score (nSPS) is 12.1. The first-order valence-corrected chi connectivity index (χ1v) is 6.96. The quantitative estimate of drug-likeness (QED) is 0.657. The molecule has 0 aromatic heterocycles. The van der Waals surface area contributed by atoms with Crippen molar-refractivity contribution in [3.05, 3.63) is 59.1 Å². The van der Waals surface area contributed by atoms with Gasteiger partial charge >= 0.3 is 0 Å². The Morgan fingerprint density at radius 2 is 1.86 bits per heavy atom. The maximum atomic E-state index is 11.8. The highest BCUT2D eigenvalue weighted by atomic mass is 35.5. The van der Waals surface area contributed by atoms with E-state index in [1.54, 1.807) is 43.3 Å². The number of carbonyl (C=O) groups is 1. The Morgan fingerprint density at radius 3 is 2.50 bits per heavy atom. The van der Waals surface area contributed by atoms with Crippen LogP contribution in [0.2, 0.25) is 5.02 Å². The number of amides is 1. The number of hydrogen-bond acceptors (Lipinski definition) is 4. The topological polar surface area (TPSA) is 70.9 Å². The van der Waals surface area contributed by atoms with Crippen molar-refractivity contribution < 1.29 is 14.6 Å². The molecule has 0 bridgehead atoms. The van der Waals surface area contributed by atoms with Crippen LogP contribution >= 0.6 is 11.6 Å². The predicted molar refractivity (Wildman–Crippen MR) is 85.4 cm³/mol. The molecule has 5 nitrogen and oxygen atoms in total. The average molecular weight is 319 g/mol. The summed E-state index contributed by atoms with van der Waals surface area (Å²) in [6.45, 7) is 1.63. The third-order valence-corrected chi connectivity index (χ3v) is 3.03. The van der Waals surface area contributed by atoms with E-state index in [1.165, 1.54) is 18.3 Å². The molecule has 2 N–H and O–H groups in total. The van der Waals surface area contributed by atoms with Gasteiger partial charge in [0.15, 0.2) is 6.10 Å². The standard InChI is InChI=1S/C16H15ClN2O3/c1-11(22-15-8-4-13(17)5-9-15)16(21)19-18-10-12-2-6-14(20)7-3-12/h2-11,20H,1H3,(H,19,21)/b18-10-/t11-/m1/s1. The van der Waals surface area contributed by atoms with Crippen molar-refractivity contribution in [3.8, 4) is 11.5 Å². The Hall–Kier alpha value is -2.53. The van der Waals surface area contributed by atoms with Crippen molar-refractivity contribution in [2.45, 2.75) is 13.0 Å². The molecular weight excluding hydrogens is 304 g/mol. The Morgan fingerprint density at radius 1 is 1.23 bits per heavy atom. The van der Waals surface area contributed by atoms with Crippen LogP contribution in [0.3, 0.4) is 0 Å². The number of aromatic hydroxyl groups is 1. The van der Waals surface area contributed by atoms with Crippen LogP contribution in [0.25, 0.3) is 0 Å². The lowest BCUT2D eigenvalue weighted by atomic mass is 10.2. The smallest absolute Gasteiger partial charge is 0.280 e. The highest BCUT2D eigenvalue weighted by molar-refractivity contribution is 6.30. The van der Waals surface area contributed by atoms with Crippen molar-refractivity contribution in [1.82, 2.24) is 5.43 Å². The molecule has 1 amide bonds. The number of halogens is 1. The van der Waals surface area contributed by atoms with Gasteiger partial charge in [-0.1, -0.05) is 11.6 Å². The van der Waals surface area contributed by atoms with Gasteiger partial charge in [-0.3, -0.25) is 4.79 Å². The van der Waals surface area contributed by atoms with Gasteiger partial charge in [0.2, 0.25) is 0 Å². The van der Waals surface area contributed by atoms with Gasteiger partial charge in [0.1, 0.15) is 11.5 Å². The second-order valence-corrected chi connectivity index (χ2v) is 4.98. The van der Waals surface area contributed by atoms with Crippen LogP contribution in [0.5, 0.6) is 11.5 Å². The SMILES string of the molecule is C[C@@H](Oc1ccc(Cl)cc1)C(=O)N/N=C\c1ccc(O)cc1. The molecular formula is C16H15ClN2O3. The molecule has 0 aliphatic carbocycles. The van der Waals surface area contributed by atoms with Crippen molar-refractivity contribution >= 4 is 23.7 Å². The Bertz CT molecular complexity index is 654. The molecule has 0 fully saturated rings. The minimum Gasteiger partial charge on any atom is -0.508 e. The number of phenols is 1. The largest absolute Gasteiger partial charge is 0.508 e. The van der Waals surface area contributed by atoms with E-state index in [0.29, 0.717) is 10.8 Å². The molecule has 0 heterocycles. The monoisotopic (exact) mass is 318 g/mol. The van der Waals surface area contributed by atoms with Crippen molar-refractivity contribution in [2.75, 3.05) is 0 Å². The van der Waals surface area contributed by atoms with Crippen LogP contribution in [-0.2, 0) is 4.79 Å². The number of ether oxygens (including phenoxy) is 1. The number of phenolic OH excluding ortho intramolecular Hbond substituents is 1. The molecule has 0 radical (unpaired) electrons. The van der Waals surface area contributed by atoms with Crippen LogP contribution in [-0.4, -0.2) is 23.3 Å². The van der Waals surface area contributed by atoms with Crippen molar-refractivity contribution in [3.63, 3.8) is 0 Å². The average Bonchev–Trinajstić information content (AvgIpc) is 2.51. The predicted octanol–water partition coefficient (Wildman–Crippen LogP) is 2.96. The summed E-state index contributed by atoms with van der Waals surface area (Å²) in [5, 5.41) is 13.6. The fourth-order valence-corrected chi connectivity index (χ4v) is 1.72. The summed E-state index contributed by atoms with van der Waals surface area (Å²) in [6, 6.07) is 13.2. The molecule has 2 aromatic rings. The Kier molecular flexibility index (Phi) is 5.38. The van der Waals surface area contributed by atoms with Gasteiger partial charge < -0.3 is 9.84 Å². The summed E-state index contributed by atoms with van der Waals surface area (Å²) in [6.07, 6.45) is 0.782. The molecule has 2 aromatic carbocycles. The summed E-state index contributed by atoms with van der Waals surface area (Å²) in [4.78, 5) is 11.8. The van der Waals surface area contributed by atoms with E-state index in [4.69, 9.17) is 21.4 Å². The minimum absolute atomic E-state index is 0.172. The van der Waals surface area contributed by atoms with Gasteiger partial charge in [-0.15, -0.1) is 0 Å². The zero-order valence-electron chi connectivity index (χ0n) is 11.9.